The molecule has 160 valence electrons. The SMILES string of the molecule is COc1ccc(N2CCCN(C(=O)c3cccc(OCc4ccccc4)c3)CC2)cc1. The van der Waals surface area contributed by atoms with Crippen molar-refractivity contribution in [3.63, 3.8) is 0 Å². The minimum Gasteiger partial charge on any atom is -0.497 e. The van der Waals surface area contributed by atoms with Gasteiger partial charge in [0.15, 0.2) is 0 Å². The first-order chi connectivity index (χ1) is 15.2. The van der Waals surface area contributed by atoms with Gasteiger partial charge in [-0.15, -0.1) is 0 Å². The average molecular weight is 417 g/mol. The predicted molar refractivity (Wildman–Crippen MR) is 123 cm³/mol. The standard InChI is InChI=1S/C26H28N2O3/c1-30-24-13-11-23(12-14-24)27-15-6-16-28(18-17-27)26(29)22-9-5-10-25(19-22)31-20-21-7-3-2-4-8-21/h2-5,7-14,19H,6,15-18,20H2,1H3. The molecule has 5 heteroatoms. The first kappa shape index (κ1) is 20.8. The molecule has 0 aliphatic carbocycles. The maximum absolute atomic E-state index is 13.1. The van der Waals surface area contributed by atoms with Gasteiger partial charge in [-0.3, -0.25) is 4.79 Å². The first-order valence-corrected chi connectivity index (χ1v) is 10.7. The molecule has 1 fully saturated rings. The number of benzene rings is 3. The molecule has 0 saturated carbocycles. The highest BCUT2D eigenvalue weighted by atomic mass is 16.5. The van der Waals surface area contributed by atoms with Crippen molar-refractivity contribution < 1.29 is 14.3 Å². The van der Waals surface area contributed by atoms with E-state index in [4.69, 9.17) is 9.47 Å². The Bertz CT molecular complexity index is 989. The van der Waals surface area contributed by atoms with Gasteiger partial charge in [0.1, 0.15) is 18.1 Å². The summed E-state index contributed by atoms with van der Waals surface area (Å²) in [5, 5.41) is 0. The van der Waals surface area contributed by atoms with Crippen LogP contribution >= 0.6 is 0 Å². The van der Waals surface area contributed by atoms with Crippen LogP contribution in [0.4, 0.5) is 5.69 Å². The summed E-state index contributed by atoms with van der Waals surface area (Å²) in [5.74, 6) is 1.62. The highest BCUT2D eigenvalue weighted by Crippen LogP contribution is 2.22. The number of nitrogens with zero attached hydrogens (tertiary/aromatic N) is 2. The van der Waals surface area contributed by atoms with E-state index in [1.807, 2.05) is 71.6 Å². The molecule has 1 heterocycles. The van der Waals surface area contributed by atoms with Crippen LogP contribution in [-0.4, -0.2) is 44.1 Å². The molecule has 4 rings (SSSR count). The third-order valence-corrected chi connectivity index (χ3v) is 5.55. The fourth-order valence-electron chi connectivity index (χ4n) is 3.81. The second kappa shape index (κ2) is 10.0. The Balaban J connectivity index is 1.37. The van der Waals surface area contributed by atoms with Crippen LogP contribution in [0.2, 0.25) is 0 Å². The van der Waals surface area contributed by atoms with Crippen molar-refractivity contribution in [3.05, 3.63) is 90.0 Å². The van der Waals surface area contributed by atoms with Crippen LogP contribution in [0.15, 0.2) is 78.9 Å². The lowest BCUT2D eigenvalue weighted by atomic mass is 10.2. The Hall–Kier alpha value is -3.47. The summed E-state index contributed by atoms with van der Waals surface area (Å²) >= 11 is 0. The Morgan fingerprint density at radius 3 is 2.42 bits per heavy atom. The zero-order valence-corrected chi connectivity index (χ0v) is 17.9. The second-order valence-corrected chi connectivity index (χ2v) is 7.63. The molecule has 5 nitrogen and oxygen atoms in total. The quantitative estimate of drug-likeness (QED) is 0.588. The molecular formula is C26H28N2O3. The molecule has 1 aliphatic rings. The summed E-state index contributed by atoms with van der Waals surface area (Å²) in [6.45, 7) is 3.66. The zero-order chi connectivity index (χ0) is 21.5. The number of ether oxygens (including phenoxy) is 2. The second-order valence-electron chi connectivity index (χ2n) is 7.63. The van der Waals surface area contributed by atoms with Crippen molar-refractivity contribution in [1.82, 2.24) is 4.90 Å². The fourth-order valence-corrected chi connectivity index (χ4v) is 3.81. The highest BCUT2D eigenvalue weighted by molar-refractivity contribution is 5.94. The normalized spacial score (nSPS) is 14.1. The Morgan fingerprint density at radius 2 is 1.65 bits per heavy atom. The van der Waals surface area contributed by atoms with E-state index >= 15 is 0 Å². The largest absolute Gasteiger partial charge is 0.497 e. The number of hydrogen-bond donors (Lipinski definition) is 0. The summed E-state index contributed by atoms with van der Waals surface area (Å²) in [7, 11) is 1.67. The summed E-state index contributed by atoms with van der Waals surface area (Å²) < 4.78 is 11.1. The van der Waals surface area contributed by atoms with Gasteiger partial charge in [-0.1, -0.05) is 36.4 Å². The lowest BCUT2D eigenvalue weighted by Crippen LogP contribution is -2.35. The van der Waals surface area contributed by atoms with Crippen molar-refractivity contribution in [1.29, 1.82) is 0 Å². The zero-order valence-electron chi connectivity index (χ0n) is 17.9. The average Bonchev–Trinajstić information content (AvgIpc) is 3.09. The summed E-state index contributed by atoms with van der Waals surface area (Å²) in [4.78, 5) is 17.4. The van der Waals surface area contributed by atoms with Crippen LogP contribution in [0.25, 0.3) is 0 Å². The van der Waals surface area contributed by atoms with Crippen molar-refractivity contribution in [2.24, 2.45) is 0 Å². The van der Waals surface area contributed by atoms with Crippen LogP contribution in [-0.2, 0) is 6.61 Å². The van der Waals surface area contributed by atoms with E-state index in [9.17, 15) is 4.79 Å². The van der Waals surface area contributed by atoms with E-state index in [2.05, 4.69) is 17.0 Å². The highest BCUT2D eigenvalue weighted by Gasteiger charge is 2.21. The minimum atomic E-state index is 0.0572. The molecule has 0 unspecified atom stereocenters. The summed E-state index contributed by atoms with van der Waals surface area (Å²) in [6.07, 6.45) is 0.933. The minimum absolute atomic E-state index is 0.0572. The van der Waals surface area contributed by atoms with E-state index in [-0.39, 0.29) is 5.91 Å². The van der Waals surface area contributed by atoms with Crippen LogP contribution < -0.4 is 14.4 Å². The van der Waals surface area contributed by atoms with Gasteiger partial charge in [-0.05, 0) is 54.4 Å². The maximum atomic E-state index is 13.1. The van der Waals surface area contributed by atoms with E-state index in [0.717, 1.165) is 43.1 Å². The van der Waals surface area contributed by atoms with E-state index in [0.29, 0.717) is 24.5 Å². The third-order valence-electron chi connectivity index (χ3n) is 5.55. The van der Waals surface area contributed by atoms with E-state index in [1.54, 1.807) is 7.11 Å². The molecule has 0 N–H and O–H groups in total. The molecule has 0 aromatic heterocycles. The number of carbonyl (C=O) groups is 1. The topological polar surface area (TPSA) is 42.0 Å². The Kier molecular flexibility index (Phi) is 6.72. The van der Waals surface area contributed by atoms with Gasteiger partial charge in [-0.2, -0.15) is 0 Å². The van der Waals surface area contributed by atoms with Gasteiger partial charge < -0.3 is 19.3 Å². The smallest absolute Gasteiger partial charge is 0.254 e. The van der Waals surface area contributed by atoms with Gasteiger partial charge in [-0.25, -0.2) is 0 Å². The van der Waals surface area contributed by atoms with E-state index in [1.165, 1.54) is 0 Å². The maximum Gasteiger partial charge on any atom is 0.254 e. The van der Waals surface area contributed by atoms with Crippen molar-refractivity contribution in [2.45, 2.75) is 13.0 Å². The molecule has 0 spiro atoms. The van der Waals surface area contributed by atoms with Crippen molar-refractivity contribution >= 4 is 11.6 Å². The van der Waals surface area contributed by atoms with Gasteiger partial charge in [0.2, 0.25) is 0 Å². The lowest BCUT2D eigenvalue weighted by Gasteiger charge is -2.24. The number of amides is 1. The molecule has 3 aromatic carbocycles. The van der Waals surface area contributed by atoms with Crippen LogP contribution in [0, 0.1) is 0 Å². The molecular weight excluding hydrogens is 388 g/mol. The van der Waals surface area contributed by atoms with Crippen molar-refractivity contribution in [2.75, 3.05) is 38.2 Å². The molecule has 1 aliphatic heterocycles. The molecule has 3 aromatic rings. The van der Waals surface area contributed by atoms with Gasteiger partial charge >= 0.3 is 0 Å². The molecule has 31 heavy (non-hydrogen) atoms. The molecule has 1 saturated heterocycles. The molecule has 0 atom stereocenters. The molecule has 0 radical (unpaired) electrons. The molecule has 0 bridgehead atoms. The number of anilines is 1. The summed E-state index contributed by atoms with van der Waals surface area (Å²) in [5.41, 5.74) is 2.93. The Morgan fingerprint density at radius 1 is 0.839 bits per heavy atom. The van der Waals surface area contributed by atoms with Gasteiger partial charge in [0.05, 0.1) is 7.11 Å². The Labute approximate surface area is 183 Å². The number of carbonyl (C=O) groups excluding carboxylic acids is 1. The van der Waals surface area contributed by atoms with Gasteiger partial charge in [0, 0.05) is 37.4 Å². The number of rotatable bonds is 6. The first-order valence-electron chi connectivity index (χ1n) is 10.7. The monoisotopic (exact) mass is 416 g/mol. The predicted octanol–water partition coefficient (Wildman–Crippen LogP) is 4.63. The summed E-state index contributed by atoms with van der Waals surface area (Å²) in [6, 6.07) is 25.6. The van der Waals surface area contributed by atoms with Crippen LogP contribution in [0.1, 0.15) is 22.3 Å². The van der Waals surface area contributed by atoms with Crippen LogP contribution in [0.5, 0.6) is 11.5 Å². The van der Waals surface area contributed by atoms with Crippen LogP contribution in [0.3, 0.4) is 0 Å². The number of methoxy groups -OCH3 is 1. The van der Waals surface area contributed by atoms with Gasteiger partial charge in [0.25, 0.3) is 5.91 Å². The van der Waals surface area contributed by atoms with E-state index < -0.39 is 0 Å². The lowest BCUT2D eigenvalue weighted by molar-refractivity contribution is 0.0766. The fraction of sp³-hybridized carbons (Fsp3) is 0.269. The number of hydrogen-bond acceptors (Lipinski definition) is 4. The van der Waals surface area contributed by atoms with Crippen molar-refractivity contribution in [3.8, 4) is 11.5 Å². The third kappa shape index (κ3) is 5.37. The molecule has 1 amide bonds.